The molecule has 1 unspecified atom stereocenters. The Kier molecular flexibility index (Phi) is 6.66. The number of nitrogens with two attached hydrogens (primary N) is 1. The SMILES string of the molecule is C[C@H](C[C@@H](Cc1ccc(-c2ccccc2)cc1)S(=O)O)C(=O)ON. The van der Waals surface area contributed by atoms with E-state index in [1.54, 1.807) is 6.92 Å². The molecule has 6 heteroatoms. The van der Waals surface area contributed by atoms with Gasteiger partial charge in [0.1, 0.15) is 0 Å². The number of rotatable bonds is 7. The fourth-order valence-electron chi connectivity index (χ4n) is 2.57. The van der Waals surface area contributed by atoms with Gasteiger partial charge in [-0.2, -0.15) is 5.90 Å². The van der Waals surface area contributed by atoms with E-state index in [9.17, 15) is 13.6 Å². The van der Waals surface area contributed by atoms with Crippen molar-refractivity contribution in [1.82, 2.24) is 0 Å². The van der Waals surface area contributed by atoms with Crippen LogP contribution in [0.5, 0.6) is 0 Å². The lowest BCUT2D eigenvalue weighted by molar-refractivity contribution is -0.148. The van der Waals surface area contributed by atoms with Crippen molar-refractivity contribution >= 4 is 17.0 Å². The van der Waals surface area contributed by atoms with Gasteiger partial charge in [0.2, 0.25) is 0 Å². The highest BCUT2D eigenvalue weighted by atomic mass is 32.2. The van der Waals surface area contributed by atoms with Crippen LogP contribution in [0.15, 0.2) is 54.6 Å². The third-order valence-electron chi connectivity index (χ3n) is 3.94. The van der Waals surface area contributed by atoms with Gasteiger partial charge in [-0.05, 0) is 29.5 Å². The first-order valence-electron chi connectivity index (χ1n) is 7.66. The van der Waals surface area contributed by atoms with Crippen LogP contribution in [0.2, 0.25) is 0 Å². The van der Waals surface area contributed by atoms with E-state index < -0.39 is 28.2 Å². The summed E-state index contributed by atoms with van der Waals surface area (Å²) in [6.45, 7) is 1.63. The molecule has 0 spiro atoms. The lowest BCUT2D eigenvalue weighted by atomic mass is 9.98. The fourth-order valence-corrected chi connectivity index (χ4v) is 3.36. The number of hydrogen-bond acceptors (Lipinski definition) is 4. The molecule has 0 aliphatic carbocycles. The van der Waals surface area contributed by atoms with Gasteiger partial charge in [-0.1, -0.05) is 61.5 Å². The van der Waals surface area contributed by atoms with Gasteiger partial charge in [0.25, 0.3) is 0 Å². The first kappa shape index (κ1) is 18.3. The third-order valence-corrected chi connectivity index (χ3v) is 4.87. The molecule has 2 rings (SSSR count). The van der Waals surface area contributed by atoms with Crippen LogP contribution in [-0.4, -0.2) is 20.0 Å². The highest BCUT2D eigenvalue weighted by molar-refractivity contribution is 7.79. The number of carbonyl (C=O) groups excluding carboxylic acids is 1. The zero-order valence-corrected chi connectivity index (χ0v) is 14.2. The van der Waals surface area contributed by atoms with E-state index in [0.29, 0.717) is 6.42 Å². The Morgan fingerprint density at radius 2 is 1.71 bits per heavy atom. The van der Waals surface area contributed by atoms with Gasteiger partial charge in [-0.25, -0.2) is 4.21 Å². The second-order valence-corrected chi connectivity index (χ2v) is 6.96. The minimum absolute atomic E-state index is 0.236. The molecule has 0 heterocycles. The van der Waals surface area contributed by atoms with Gasteiger partial charge in [-0.3, -0.25) is 4.79 Å². The first-order valence-corrected chi connectivity index (χ1v) is 8.83. The van der Waals surface area contributed by atoms with Crippen molar-refractivity contribution in [3.63, 3.8) is 0 Å². The predicted molar refractivity (Wildman–Crippen MR) is 94.2 cm³/mol. The molecule has 0 amide bonds. The molecule has 3 atom stereocenters. The molecule has 0 saturated heterocycles. The molecule has 0 aliphatic heterocycles. The van der Waals surface area contributed by atoms with Gasteiger partial charge in [0.15, 0.2) is 11.1 Å². The van der Waals surface area contributed by atoms with Gasteiger partial charge >= 0.3 is 5.97 Å². The van der Waals surface area contributed by atoms with Gasteiger partial charge in [0, 0.05) is 0 Å². The summed E-state index contributed by atoms with van der Waals surface area (Å²) in [5.74, 6) is 3.75. The van der Waals surface area contributed by atoms with Crippen LogP contribution in [0.4, 0.5) is 0 Å². The average molecular weight is 347 g/mol. The molecule has 0 saturated carbocycles. The fraction of sp³-hybridized carbons (Fsp3) is 0.278. The summed E-state index contributed by atoms with van der Waals surface area (Å²) < 4.78 is 21.1. The highest BCUT2D eigenvalue weighted by Crippen LogP contribution is 2.21. The average Bonchev–Trinajstić information content (AvgIpc) is 2.61. The normalized spacial score (nSPS) is 14.6. The Morgan fingerprint density at radius 3 is 2.25 bits per heavy atom. The van der Waals surface area contributed by atoms with Crippen molar-refractivity contribution < 1.29 is 18.4 Å². The van der Waals surface area contributed by atoms with E-state index in [1.807, 2.05) is 54.6 Å². The molecule has 0 fully saturated rings. The molecule has 128 valence electrons. The maximum Gasteiger partial charge on any atom is 0.327 e. The largest absolute Gasteiger partial charge is 0.373 e. The molecule has 3 N–H and O–H groups in total. The van der Waals surface area contributed by atoms with Crippen LogP contribution < -0.4 is 5.90 Å². The van der Waals surface area contributed by atoms with Crippen LogP contribution in [0.1, 0.15) is 18.9 Å². The molecular weight excluding hydrogens is 326 g/mol. The third kappa shape index (κ3) is 4.99. The van der Waals surface area contributed by atoms with Crippen LogP contribution in [-0.2, 0) is 27.1 Å². The molecular formula is C18H21NO4S. The Balaban J connectivity index is 2.07. The second kappa shape index (κ2) is 8.73. The highest BCUT2D eigenvalue weighted by Gasteiger charge is 2.24. The van der Waals surface area contributed by atoms with Crippen LogP contribution in [0.3, 0.4) is 0 Å². The summed E-state index contributed by atoms with van der Waals surface area (Å²) in [4.78, 5) is 15.6. The van der Waals surface area contributed by atoms with E-state index in [4.69, 9.17) is 5.90 Å². The summed E-state index contributed by atoms with van der Waals surface area (Å²) >= 11 is -2.03. The van der Waals surface area contributed by atoms with Crippen LogP contribution in [0, 0.1) is 5.92 Å². The smallest absolute Gasteiger partial charge is 0.327 e. The van der Waals surface area contributed by atoms with E-state index in [1.165, 1.54) is 0 Å². The Morgan fingerprint density at radius 1 is 1.12 bits per heavy atom. The van der Waals surface area contributed by atoms with Gasteiger partial charge < -0.3 is 9.39 Å². The molecule has 5 nitrogen and oxygen atoms in total. The van der Waals surface area contributed by atoms with E-state index in [0.717, 1.165) is 16.7 Å². The summed E-state index contributed by atoms with van der Waals surface area (Å²) in [6.07, 6.45) is 0.639. The van der Waals surface area contributed by atoms with Crippen molar-refractivity contribution in [1.29, 1.82) is 0 Å². The molecule has 2 aromatic carbocycles. The number of hydrogen-bond donors (Lipinski definition) is 2. The van der Waals surface area contributed by atoms with Crippen LogP contribution >= 0.6 is 0 Å². The quantitative estimate of drug-likeness (QED) is 0.594. The zero-order chi connectivity index (χ0) is 17.5. The van der Waals surface area contributed by atoms with Crippen molar-refractivity contribution in [3.8, 4) is 11.1 Å². The van der Waals surface area contributed by atoms with E-state index in [-0.39, 0.29) is 6.42 Å². The number of carbonyl (C=O) groups is 1. The van der Waals surface area contributed by atoms with Crippen molar-refractivity contribution in [2.75, 3.05) is 0 Å². The van der Waals surface area contributed by atoms with Crippen LogP contribution in [0.25, 0.3) is 11.1 Å². The molecule has 2 aromatic rings. The summed E-state index contributed by atoms with van der Waals surface area (Å²) in [7, 11) is 0. The lowest BCUT2D eigenvalue weighted by Gasteiger charge is -2.16. The van der Waals surface area contributed by atoms with Gasteiger partial charge in [0.05, 0.1) is 11.2 Å². The zero-order valence-electron chi connectivity index (χ0n) is 13.4. The van der Waals surface area contributed by atoms with Crippen molar-refractivity contribution in [3.05, 3.63) is 60.2 Å². The molecule has 0 aliphatic rings. The minimum atomic E-state index is -2.03. The summed E-state index contributed by atoms with van der Waals surface area (Å²) in [5, 5.41) is -0.554. The second-order valence-electron chi connectivity index (χ2n) is 5.74. The first-order chi connectivity index (χ1) is 11.5. The molecule has 0 aromatic heterocycles. The molecule has 0 bridgehead atoms. The van der Waals surface area contributed by atoms with Crippen molar-refractivity contribution in [2.45, 2.75) is 25.0 Å². The predicted octanol–water partition coefficient (Wildman–Crippen LogP) is 2.93. The van der Waals surface area contributed by atoms with Gasteiger partial charge in [-0.15, -0.1) is 0 Å². The summed E-state index contributed by atoms with van der Waals surface area (Å²) in [6, 6.07) is 17.8. The lowest BCUT2D eigenvalue weighted by Crippen LogP contribution is -2.26. The standard InChI is InChI=1S/C18H21NO4S/c1-13(18(20)23-19)11-17(24(21)22)12-14-7-9-16(10-8-14)15-5-3-2-4-6-15/h2-10,13,17H,11-12,19H2,1H3,(H,21,22)/t13-,17+/m1/s1. The number of benzene rings is 2. The monoisotopic (exact) mass is 347 g/mol. The van der Waals surface area contributed by atoms with E-state index in [2.05, 4.69) is 4.84 Å². The van der Waals surface area contributed by atoms with Crippen molar-refractivity contribution in [2.24, 2.45) is 11.8 Å². The minimum Gasteiger partial charge on any atom is -0.373 e. The summed E-state index contributed by atoms with van der Waals surface area (Å²) in [5.41, 5.74) is 3.14. The van der Waals surface area contributed by atoms with E-state index >= 15 is 0 Å². The molecule has 24 heavy (non-hydrogen) atoms. The topological polar surface area (TPSA) is 89.6 Å². The maximum absolute atomic E-state index is 11.6. The Bertz CT molecular complexity index is 688. The Hall–Kier alpha value is -2.02. The Labute approximate surface area is 144 Å². The maximum atomic E-state index is 11.6. The molecule has 0 radical (unpaired) electrons.